The van der Waals surface area contributed by atoms with Crippen LogP contribution in [0.15, 0.2) is 41.4 Å². The van der Waals surface area contributed by atoms with Crippen molar-refractivity contribution in [2.24, 2.45) is 0 Å². The molecule has 2 aromatic heterocycles. The van der Waals surface area contributed by atoms with Crippen LogP contribution in [0.4, 0.5) is 11.5 Å². The lowest BCUT2D eigenvalue weighted by molar-refractivity contribution is 0.404. The quantitative estimate of drug-likeness (QED) is 0.610. The molecule has 0 atom stereocenters. The van der Waals surface area contributed by atoms with Crippen LogP contribution >= 0.6 is 12.6 Å². The standard InChI is InChI=1S/C17H19N3OS/c1-10(2)17-14(21-3)6-7-15(20-17)18-12-4-5-13-11(8-12)9-16(22)19-13/h4-10,19,22H,1-3H3,(H,18,20). The summed E-state index contributed by atoms with van der Waals surface area (Å²) in [6.07, 6.45) is 0. The Labute approximate surface area is 135 Å². The molecule has 114 valence electrons. The number of benzene rings is 1. The van der Waals surface area contributed by atoms with Crippen LogP contribution in [-0.2, 0) is 0 Å². The maximum Gasteiger partial charge on any atom is 0.140 e. The highest BCUT2D eigenvalue weighted by Gasteiger charge is 2.10. The highest BCUT2D eigenvalue weighted by molar-refractivity contribution is 7.80. The van der Waals surface area contributed by atoms with Gasteiger partial charge in [-0.05, 0) is 42.3 Å². The van der Waals surface area contributed by atoms with Crippen LogP contribution in [0.5, 0.6) is 5.75 Å². The van der Waals surface area contributed by atoms with Gasteiger partial charge in [-0.2, -0.15) is 0 Å². The average molecular weight is 313 g/mol. The summed E-state index contributed by atoms with van der Waals surface area (Å²) in [6, 6.07) is 12.0. The molecule has 4 nitrogen and oxygen atoms in total. The lowest BCUT2D eigenvalue weighted by Crippen LogP contribution is -2.01. The second-order valence-corrected chi connectivity index (χ2v) is 6.00. The third kappa shape index (κ3) is 2.90. The van der Waals surface area contributed by atoms with Gasteiger partial charge in [0.25, 0.3) is 0 Å². The van der Waals surface area contributed by atoms with Crippen LogP contribution in [0.3, 0.4) is 0 Å². The minimum atomic E-state index is 0.301. The van der Waals surface area contributed by atoms with E-state index in [1.807, 2.05) is 30.3 Å². The lowest BCUT2D eigenvalue weighted by atomic mass is 10.1. The van der Waals surface area contributed by atoms with E-state index in [2.05, 4.69) is 47.8 Å². The predicted octanol–water partition coefficient (Wildman–Crippen LogP) is 4.73. The zero-order valence-corrected chi connectivity index (χ0v) is 13.7. The van der Waals surface area contributed by atoms with E-state index in [1.54, 1.807) is 7.11 Å². The Hall–Kier alpha value is -2.14. The van der Waals surface area contributed by atoms with Crippen LogP contribution in [0.1, 0.15) is 25.5 Å². The van der Waals surface area contributed by atoms with Crippen LogP contribution < -0.4 is 10.1 Å². The molecule has 22 heavy (non-hydrogen) atoms. The van der Waals surface area contributed by atoms with Crippen LogP contribution in [0.2, 0.25) is 0 Å². The number of nitrogens with zero attached hydrogens (tertiary/aromatic N) is 1. The molecular weight excluding hydrogens is 294 g/mol. The normalized spacial score (nSPS) is 11.1. The molecule has 0 aliphatic carbocycles. The van der Waals surface area contributed by atoms with Crippen molar-refractivity contribution in [3.8, 4) is 5.75 Å². The molecule has 0 amide bonds. The molecule has 0 aliphatic heterocycles. The SMILES string of the molecule is COc1ccc(Nc2ccc3[nH]c(S)cc3c2)nc1C(C)C. The van der Waals surface area contributed by atoms with E-state index in [0.29, 0.717) is 5.92 Å². The largest absolute Gasteiger partial charge is 0.495 e. The number of thiol groups is 1. The molecule has 0 aliphatic rings. The Balaban J connectivity index is 1.92. The van der Waals surface area contributed by atoms with Crippen molar-refractivity contribution in [3.63, 3.8) is 0 Å². The van der Waals surface area contributed by atoms with Crippen LogP contribution in [0.25, 0.3) is 10.9 Å². The van der Waals surface area contributed by atoms with E-state index in [1.165, 1.54) is 0 Å². The van der Waals surface area contributed by atoms with E-state index < -0.39 is 0 Å². The van der Waals surface area contributed by atoms with E-state index in [-0.39, 0.29) is 0 Å². The summed E-state index contributed by atoms with van der Waals surface area (Å²) in [5.74, 6) is 1.93. The molecule has 1 aromatic carbocycles. The summed E-state index contributed by atoms with van der Waals surface area (Å²) < 4.78 is 5.37. The number of methoxy groups -OCH3 is 1. The van der Waals surface area contributed by atoms with E-state index in [9.17, 15) is 0 Å². The molecule has 2 N–H and O–H groups in total. The fourth-order valence-corrected chi connectivity index (χ4v) is 2.72. The Kier molecular flexibility index (Phi) is 3.98. The van der Waals surface area contributed by atoms with E-state index >= 15 is 0 Å². The number of aromatic amines is 1. The molecule has 0 spiro atoms. The van der Waals surface area contributed by atoms with Crippen LogP contribution in [-0.4, -0.2) is 17.1 Å². The topological polar surface area (TPSA) is 49.9 Å². The van der Waals surface area contributed by atoms with Gasteiger partial charge in [0, 0.05) is 16.6 Å². The number of aromatic nitrogens is 2. The van der Waals surface area contributed by atoms with Gasteiger partial charge < -0.3 is 15.0 Å². The van der Waals surface area contributed by atoms with Crippen LogP contribution in [0, 0.1) is 0 Å². The Morgan fingerprint density at radius 3 is 2.73 bits per heavy atom. The predicted molar refractivity (Wildman–Crippen MR) is 93.7 cm³/mol. The molecule has 2 heterocycles. The van der Waals surface area contributed by atoms with Crippen molar-refractivity contribution in [1.82, 2.24) is 9.97 Å². The lowest BCUT2D eigenvalue weighted by Gasteiger charge is -2.13. The number of pyridine rings is 1. The smallest absolute Gasteiger partial charge is 0.140 e. The number of anilines is 2. The maximum absolute atomic E-state index is 5.37. The number of H-pyrrole nitrogens is 1. The number of ether oxygens (including phenoxy) is 1. The van der Waals surface area contributed by atoms with Gasteiger partial charge in [0.15, 0.2) is 0 Å². The summed E-state index contributed by atoms with van der Waals surface area (Å²) in [5, 5.41) is 5.32. The molecule has 3 aromatic rings. The van der Waals surface area contributed by atoms with Gasteiger partial charge in [-0.1, -0.05) is 13.8 Å². The van der Waals surface area contributed by atoms with Gasteiger partial charge in [0.1, 0.15) is 11.6 Å². The van der Waals surface area contributed by atoms with Crippen molar-refractivity contribution in [2.45, 2.75) is 24.8 Å². The van der Waals surface area contributed by atoms with Gasteiger partial charge in [-0.25, -0.2) is 4.98 Å². The zero-order chi connectivity index (χ0) is 15.7. The number of hydrogen-bond acceptors (Lipinski definition) is 4. The number of hydrogen-bond donors (Lipinski definition) is 3. The monoisotopic (exact) mass is 313 g/mol. The summed E-state index contributed by atoms with van der Waals surface area (Å²) in [4.78, 5) is 7.86. The first-order chi connectivity index (χ1) is 10.6. The summed E-state index contributed by atoms with van der Waals surface area (Å²) in [5.41, 5.74) is 3.01. The fourth-order valence-electron chi connectivity index (χ4n) is 2.46. The number of fused-ring (bicyclic) bond motifs is 1. The first-order valence-corrected chi connectivity index (χ1v) is 7.65. The fraction of sp³-hybridized carbons (Fsp3) is 0.235. The minimum Gasteiger partial charge on any atom is -0.495 e. The second-order valence-electron chi connectivity index (χ2n) is 5.52. The molecule has 0 unspecified atom stereocenters. The van der Waals surface area contributed by atoms with Gasteiger partial charge in [-0.3, -0.25) is 0 Å². The first kappa shape index (κ1) is 14.8. The van der Waals surface area contributed by atoms with Gasteiger partial charge in [0.2, 0.25) is 0 Å². The highest BCUT2D eigenvalue weighted by Crippen LogP contribution is 2.28. The molecule has 0 fully saturated rings. The molecule has 5 heteroatoms. The molecular formula is C17H19N3OS. The molecule has 0 saturated heterocycles. The Bertz CT molecular complexity index is 811. The third-order valence-corrected chi connectivity index (χ3v) is 3.77. The zero-order valence-electron chi connectivity index (χ0n) is 12.8. The molecule has 3 rings (SSSR count). The summed E-state index contributed by atoms with van der Waals surface area (Å²) >= 11 is 4.33. The Morgan fingerprint density at radius 1 is 1.18 bits per heavy atom. The number of nitrogens with one attached hydrogen (secondary N) is 2. The second kappa shape index (κ2) is 5.93. The minimum absolute atomic E-state index is 0.301. The molecule has 0 saturated carbocycles. The molecule has 0 radical (unpaired) electrons. The number of rotatable bonds is 4. The summed E-state index contributed by atoms with van der Waals surface area (Å²) in [7, 11) is 1.67. The van der Waals surface area contributed by atoms with Gasteiger partial charge in [-0.15, -0.1) is 12.6 Å². The van der Waals surface area contributed by atoms with Crippen molar-refractivity contribution in [3.05, 3.63) is 42.1 Å². The third-order valence-electron chi connectivity index (χ3n) is 3.53. The highest BCUT2D eigenvalue weighted by atomic mass is 32.1. The Morgan fingerprint density at radius 2 is 2.00 bits per heavy atom. The van der Waals surface area contributed by atoms with E-state index in [4.69, 9.17) is 4.74 Å². The maximum atomic E-state index is 5.37. The van der Waals surface area contributed by atoms with Crippen molar-refractivity contribution in [2.75, 3.05) is 12.4 Å². The van der Waals surface area contributed by atoms with Gasteiger partial charge >= 0.3 is 0 Å². The average Bonchev–Trinajstić information content (AvgIpc) is 2.86. The van der Waals surface area contributed by atoms with Crippen molar-refractivity contribution in [1.29, 1.82) is 0 Å². The first-order valence-electron chi connectivity index (χ1n) is 7.20. The van der Waals surface area contributed by atoms with Crippen molar-refractivity contribution < 1.29 is 4.74 Å². The van der Waals surface area contributed by atoms with E-state index in [0.717, 1.165) is 38.9 Å². The molecule has 0 bridgehead atoms. The van der Waals surface area contributed by atoms with Crippen molar-refractivity contribution >= 4 is 35.0 Å². The summed E-state index contributed by atoms with van der Waals surface area (Å²) in [6.45, 7) is 4.21. The van der Waals surface area contributed by atoms with Gasteiger partial charge in [0.05, 0.1) is 17.8 Å².